The lowest BCUT2D eigenvalue weighted by atomic mass is 10.2. The average molecular weight is 351 g/mol. The number of carbonyl (C=O) groups is 2. The molecule has 7 nitrogen and oxygen atoms in total. The molecule has 128 valence electrons. The van der Waals surface area contributed by atoms with Crippen molar-refractivity contribution in [2.75, 3.05) is 11.1 Å². The molecule has 1 aromatic carbocycles. The number of anilines is 2. The van der Waals surface area contributed by atoms with Crippen LogP contribution in [0.1, 0.15) is 37.2 Å². The highest BCUT2D eigenvalue weighted by molar-refractivity contribution is 6.31. The minimum atomic E-state index is -0.997. The highest BCUT2D eigenvalue weighted by Crippen LogP contribution is 2.20. The number of hydrogen-bond acceptors (Lipinski definition) is 5. The Morgan fingerprint density at radius 2 is 2.00 bits per heavy atom. The first-order valence-corrected chi connectivity index (χ1v) is 7.77. The fourth-order valence-electron chi connectivity index (χ4n) is 2.05. The molecule has 1 atom stereocenters. The normalized spacial score (nSPS) is 12.0. The molecule has 0 aliphatic rings. The maximum atomic E-state index is 12.2. The average Bonchev–Trinajstić information content (AvgIpc) is 2.95. The molecule has 2 rings (SSSR count). The zero-order valence-electron chi connectivity index (χ0n) is 13.6. The summed E-state index contributed by atoms with van der Waals surface area (Å²) in [5.41, 5.74) is 6.09. The number of hydrogen-bond donors (Lipinski definition) is 2. The highest BCUT2D eigenvalue weighted by Gasteiger charge is 2.21. The number of rotatable bonds is 5. The van der Waals surface area contributed by atoms with E-state index in [1.165, 1.54) is 25.1 Å². The van der Waals surface area contributed by atoms with Gasteiger partial charge in [-0.05, 0) is 39.0 Å². The van der Waals surface area contributed by atoms with E-state index in [1.807, 2.05) is 13.8 Å². The maximum Gasteiger partial charge on any atom is 0.341 e. The third-order valence-corrected chi connectivity index (χ3v) is 3.53. The summed E-state index contributed by atoms with van der Waals surface area (Å²) in [6, 6.07) is 6.19. The van der Waals surface area contributed by atoms with Crippen molar-refractivity contribution in [2.45, 2.75) is 32.9 Å². The topological polar surface area (TPSA) is 99.2 Å². The second kappa shape index (κ2) is 7.35. The van der Waals surface area contributed by atoms with Crippen molar-refractivity contribution in [3.8, 4) is 0 Å². The van der Waals surface area contributed by atoms with E-state index in [2.05, 4.69) is 10.4 Å². The number of nitrogens with zero attached hydrogens (tertiary/aromatic N) is 2. The Kier molecular flexibility index (Phi) is 5.46. The number of nitrogens with two attached hydrogens (primary N) is 1. The third kappa shape index (κ3) is 4.05. The molecule has 1 aromatic heterocycles. The lowest BCUT2D eigenvalue weighted by Crippen LogP contribution is -2.31. The zero-order valence-corrected chi connectivity index (χ0v) is 14.4. The Labute approximate surface area is 144 Å². The largest absolute Gasteiger partial charge is 0.449 e. The summed E-state index contributed by atoms with van der Waals surface area (Å²) >= 11 is 5.79. The van der Waals surface area contributed by atoms with Crippen LogP contribution in [0.3, 0.4) is 0 Å². The Bertz CT molecular complexity index is 758. The van der Waals surface area contributed by atoms with Crippen LogP contribution in [0.5, 0.6) is 0 Å². The van der Waals surface area contributed by atoms with E-state index in [9.17, 15) is 9.59 Å². The Balaban J connectivity index is 2.03. The Morgan fingerprint density at radius 1 is 1.29 bits per heavy atom. The van der Waals surface area contributed by atoms with Crippen LogP contribution in [0.4, 0.5) is 11.5 Å². The monoisotopic (exact) mass is 350 g/mol. The molecule has 3 N–H and O–H groups in total. The summed E-state index contributed by atoms with van der Waals surface area (Å²) in [7, 11) is 0. The fourth-order valence-corrected chi connectivity index (χ4v) is 2.23. The van der Waals surface area contributed by atoms with Crippen LogP contribution in [0.15, 0.2) is 30.5 Å². The van der Waals surface area contributed by atoms with Crippen LogP contribution in [-0.4, -0.2) is 27.8 Å². The van der Waals surface area contributed by atoms with Crippen LogP contribution in [-0.2, 0) is 9.53 Å². The summed E-state index contributed by atoms with van der Waals surface area (Å²) in [6.45, 7) is 5.36. The number of ether oxygens (including phenoxy) is 1. The first-order chi connectivity index (χ1) is 11.3. The molecule has 0 spiro atoms. The first-order valence-electron chi connectivity index (χ1n) is 7.40. The number of nitrogen functional groups attached to an aromatic ring is 1. The molecule has 2 aromatic rings. The standard InChI is InChI=1S/C16H19ClN4O3/c1-9(2)21-14(6-7-19-21)20-15(22)10(3)24-16(23)12-5-4-11(17)8-13(12)18/h4-10H,18H2,1-3H3,(H,20,22)/t10-/m0/s1. The van der Waals surface area contributed by atoms with Crippen molar-refractivity contribution >= 4 is 35.0 Å². The van der Waals surface area contributed by atoms with Crippen LogP contribution in [0.25, 0.3) is 0 Å². The predicted molar refractivity (Wildman–Crippen MR) is 92.0 cm³/mol. The number of aromatic nitrogens is 2. The van der Waals surface area contributed by atoms with Crippen molar-refractivity contribution in [1.29, 1.82) is 0 Å². The summed E-state index contributed by atoms with van der Waals surface area (Å²) in [4.78, 5) is 24.3. The van der Waals surface area contributed by atoms with Gasteiger partial charge in [-0.15, -0.1) is 0 Å². The summed E-state index contributed by atoms with van der Waals surface area (Å²) < 4.78 is 6.82. The van der Waals surface area contributed by atoms with Gasteiger partial charge in [0.2, 0.25) is 0 Å². The first kappa shape index (κ1) is 17.8. The number of benzene rings is 1. The smallest absolute Gasteiger partial charge is 0.341 e. The molecule has 0 aliphatic carbocycles. The van der Waals surface area contributed by atoms with E-state index in [4.69, 9.17) is 22.1 Å². The fraction of sp³-hybridized carbons (Fsp3) is 0.312. The van der Waals surface area contributed by atoms with Crippen LogP contribution >= 0.6 is 11.6 Å². The van der Waals surface area contributed by atoms with Crippen molar-refractivity contribution in [3.05, 3.63) is 41.0 Å². The van der Waals surface area contributed by atoms with Crippen molar-refractivity contribution in [1.82, 2.24) is 9.78 Å². The summed E-state index contributed by atoms with van der Waals surface area (Å²) in [5, 5.41) is 7.22. The van der Waals surface area contributed by atoms with E-state index in [0.29, 0.717) is 10.8 Å². The molecule has 0 aliphatic heterocycles. The number of halogens is 1. The van der Waals surface area contributed by atoms with Crippen molar-refractivity contribution < 1.29 is 14.3 Å². The minimum Gasteiger partial charge on any atom is -0.449 e. The lowest BCUT2D eigenvalue weighted by Gasteiger charge is -2.16. The molecule has 24 heavy (non-hydrogen) atoms. The van der Waals surface area contributed by atoms with E-state index >= 15 is 0 Å². The van der Waals surface area contributed by atoms with E-state index in [1.54, 1.807) is 16.9 Å². The van der Waals surface area contributed by atoms with Gasteiger partial charge in [0, 0.05) is 22.8 Å². The van der Waals surface area contributed by atoms with Gasteiger partial charge in [-0.1, -0.05) is 11.6 Å². The molecule has 0 radical (unpaired) electrons. The van der Waals surface area contributed by atoms with Gasteiger partial charge in [-0.2, -0.15) is 5.10 Å². The summed E-state index contributed by atoms with van der Waals surface area (Å²) in [6.07, 6.45) is 0.587. The van der Waals surface area contributed by atoms with Crippen LogP contribution < -0.4 is 11.1 Å². The molecule has 0 fully saturated rings. The molecule has 1 heterocycles. The summed E-state index contributed by atoms with van der Waals surface area (Å²) in [5.74, 6) is -0.619. The van der Waals surface area contributed by atoms with Gasteiger partial charge in [-0.3, -0.25) is 4.79 Å². The molecule has 0 saturated heterocycles. The SMILES string of the molecule is CC(C)n1nccc1NC(=O)[C@H](C)OC(=O)c1ccc(Cl)cc1N. The lowest BCUT2D eigenvalue weighted by molar-refractivity contribution is -0.123. The van der Waals surface area contributed by atoms with Gasteiger partial charge in [-0.25, -0.2) is 9.48 Å². The van der Waals surface area contributed by atoms with Crippen molar-refractivity contribution in [2.24, 2.45) is 0 Å². The second-order valence-electron chi connectivity index (χ2n) is 5.52. The third-order valence-electron chi connectivity index (χ3n) is 3.30. The quantitative estimate of drug-likeness (QED) is 0.638. The Hall–Kier alpha value is -2.54. The molecule has 0 saturated carbocycles. The van der Waals surface area contributed by atoms with Gasteiger partial charge < -0.3 is 15.8 Å². The van der Waals surface area contributed by atoms with E-state index in [-0.39, 0.29) is 17.3 Å². The maximum absolute atomic E-state index is 12.2. The number of carbonyl (C=O) groups excluding carboxylic acids is 2. The number of amides is 1. The highest BCUT2D eigenvalue weighted by atomic mass is 35.5. The van der Waals surface area contributed by atoms with Gasteiger partial charge in [0.15, 0.2) is 6.10 Å². The zero-order chi connectivity index (χ0) is 17.9. The van der Waals surface area contributed by atoms with Crippen LogP contribution in [0.2, 0.25) is 5.02 Å². The van der Waals surface area contributed by atoms with Gasteiger partial charge in [0.25, 0.3) is 5.91 Å². The van der Waals surface area contributed by atoms with E-state index in [0.717, 1.165) is 0 Å². The van der Waals surface area contributed by atoms with Crippen molar-refractivity contribution in [3.63, 3.8) is 0 Å². The molecule has 1 amide bonds. The predicted octanol–water partition coefficient (Wildman–Crippen LogP) is 2.88. The van der Waals surface area contributed by atoms with Gasteiger partial charge in [0.1, 0.15) is 5.82 Å². The molecule has 8 heteroatoms. The Morgan fingerprint density at radius 3 is 2.62 bits per heavy atom. The van der Waals surface area contributed by atoms with Crippen LogP contribution in [0, 0.1) is 0 Å². The van der Waals surface area contributed by atoms with Gasteiger partial charge in [0.05, 0.1) is 11.8 Å². The molecule has 0 bridgehead atoms. The molecular weight excluding hydrogens is 332 g/mol. The second-order valence-corrected chi connectivity index (χ2v) is 5.96. The number of esters is 1. The van der Waals surface area contributed by atoms with Gasteiger partial charge >= 0.3 is 5.97 Å². The van der Waals surface area contributed by atoms with E-state index < -0.39 is 18.0 Å². The number of nitrogens with one attached hydrogen (secondary N) is 1. The molecule has 0 unspecified atom stereocenters. The minimum absolute atomic E-state index is 0.0852. The molecular formula is C16H19ClN4O3.